The van der Waals surface area contributed by atoms with Gasteiger partial charge in [-0.3, -0.25) is 4.79 Å². The van der Waals surface area contributed by atoms with Gasteiger partial charge in [-0.25, -0.2) is 8.42 Å². The molecule has 0 radical (unpaired) electrons. The first kappa shape index (κ1) is 9.47. The Kier molecular flexibility index (Phi) is 2.13. The van der Waals surface area contributed by atoms with Gasteiger partial charge in [0.15, 0.2) is 9.84 Å². The van der Waals surface area contributed by atoms with Crippen LogP contribution in [0, 0.1) is 5.41 Å². The van der Waals surface area contributed by atoms with E-state index in [4.69, 9.17) is 5.11 Å². The molecule has 1 aliphatic heterocycles. The van der Waals surface area contributed by atoms with Crippen LogP contribution in [0.4, 0.5) is 0 Å². The Labute approximate surface area is 70.3 Å². The summed E-state index contributed by atoms with van der Waals surface area (Å²) in [5.41, 5.74) is -1.19. The predicted octanol–water partition coefficient (Wildman–Crippen LogP) is -0.868. The standard InChI is InChI=1S/C6H10O5S/c1-11-2-6(5(7)8)3-12(9,10)4-6/h2-4H2,1H3,(H,7,8). The summed E-state index contributed by atoms with van der Waals surface area (Å²) >= 11 is 0. The van der Waals surface area contributed by atoms with E-state index >= 15 is 0 Å². The molecule has 1 N–H and O–H groups in total. The second kappa shape index (κ2) is 2.70. The molecule has 1 rings (SSSR count). The van der Waals surface area contributed by atoms with Crippen LogP contribution in [-0.4, -0.2) is 44.7 Å². The van der Waals surface area contributed by atoms with Gasteiger partial charge in [0.1, 0.15) is 5.41 Å². The third-order valence-electron chi connectivity index (χ3n) is 1.87. The molecule has 5 nitrogen and oxygen atoms in total. The Morgan fingerprint density at radius 3 is 2.33 bits per heavy atom. The summed E-state index contributed by atoms with van der Waals surface area (Å²) in [6.45, 7) is -0.0401. The van der Waals surface area contributed by atoms with E-state index in [9.17, 15) is 13.2 Å². The summed E-state index contributed by atoms with van der Waals surface area (Å²) in [6.07, 6.45) is 0. The second-order valence-corrected chi connectivity index (χ2v) is 5.12. The first-order chi connectivity index (χ1) is 5.42. The molecule has 12 heavy (non-hydrogen) atoms. The maximum Gasteiger partial charge on any atom is 0.314 e. The highest BCUT2D eigenvalue weighted by Crippen LogP contribution is 2.33. The fraction of sp³-hybridized carbons (Fsp3) is 0.833. The van der Waals surface area contributed by atoms with Crippen LogP contribution in [0.2, 0.25) is 0 Å². The molecule has 0 aromatic carbocycles. The van der Waals surface area contributed by atoms with Crippen molar-refractivity contribution in [3.05, 3.63) is 0 Å². The minimum Gasteiger partial charge on any atom is -0.481 e. The van der Waals surface area contributed by atoms with E-state index in [0.717, 1.165) is 0 Å². The topological polar surface area (TPSA) is 80.7 Å². The molecule has 0 spiro atoms. The minimum absolute atomic E-state index is 0.0401. The molecular formula is C6H10O5S. The van der Waals surface area contributed by atoms with Crippen LogP contribution in [0.15, 0.2) is 0 Å². The van der Waals surface area contributed by atoms with E-state index < -0.39 is 21.2 Å². The molecule has 1 fully saturated rings. The monoisotopic (exact) mass is 194 g/mol. The predicted molar refractivity (Wildman–Crippen MR) is 40.6 cm³/mol. The average Bonchev–Trinajstić information content (AvgIpc) is 1.83. The Hall–Kier alpha value is -0.620. The molecule has 0 aliphatic carbocycles. The molecular weight excluding hydrogens is 184 g/mol. The molecule has 1 aliphatic rings. The third-order valence-corrected chi connectivity index (χ3v) is 3.85. The van der Waals surface area contributed by atoms with Crippen molar-refractivity contribution < 1.29 is 23.1 Å². The molecule has 0 bridgehead atoms. The zero-order chi connectivity index (χ0) is 9.41. The quantitative estimate of drug-likeness (QED) is 0.631. The van der Waals surface area contributed by atoms with Crippen LogP contribution in [-0.2, 0) is 19.4 Å². The second-order valence-electron chi connectivity index (χ2n) is 3.05. The van der Waals surface area contributed by atoms with E-state index in [1.54, 1.807) is 0 Å². The maximum atomic E-state index is 10.8. The Bertz CT molecular complexity index is 279. The highest BCUT2D eigenvalue weighted by atomic mass is 32.2. The first-order valence-electron chi connectivity index (χ1n) is 3.35. The smallest absolute Gasteiger partial charge is 0.314 e. The largest absolute Gasteiger partial charge is 0.481 e. The van der Waals surface area contributed by atoms with Gasteiger partial charge < -0.3 is 9.84 Å². The van der Waals surface area contributed by atoms with Gasteiger partial charge in [0.05, 0.1) is 18.1 Å². The summed E-state index contributed by atoms with van der Waals surface area (Å²) < 4.78 is 26.2. The molecule has 1 saturated heterocycles. The van der Waals surface area contributed by atoms with Crippen molar-refractivity contribution in [1.82, 2.24) is 0 Å². The molecule has 70 valence electrons. The summed E-state index contributed by atoms with van der Waals surface area (Å²) in [6, 6.07) is 0. The Morgan fingerprint density at radius 1 is 1.58 bits per heavy atom. The number of sulfone groups is 1. The van der Waals surface area contributed by atoms with Gasteiger partial charge >= 0.3 is 5.97 Å². The van der Waals surface area contributed by atoms with Crippen molar-refractivity contribution in [3.63, 3.8) is 0 Å². The zero-order valence-electron chi connectivity index (χ0n) is 6.61. The number of carboxylic acid groups (broad SMARTS) is 1. The van der Waals surface area contributed by atoms with Crippen LogP contribution >= 0.6 is 0 Å². The number of hydrogen-bond donors (Lipinski definition) is 1. The summed E-state index contributed by atoms with van der Waals surface area (Å²) in [5.74, 6) is -1.70. The van der Waals surface area contributed by atoms with Gasteiger partial charge in [-0.2, -0.15) is 0 Å². The number of carbonyl (C=O) groups is 1. The molecule has 0 aromatic rings. The van der Waals surface area contributed by atoms with E-state index in [1.165, 1.54) is 7.11 Å². The molecule has 0 saturated carbocycles. The number of ether oxygens (including phenoxy) is 1. The molecule has 0 unspecified atom stereocenters. The van der Waals surface area contributed by atoms with Crippen LogP contribution in [0.1, 0.15) is 0 Å². The number of rotatable bonds is 3. The maximum absolute atomic E-state index is 10.8. The zero-order valence-corrected chi connectivity index (χ0v) is 7.43. The van der Waals surface area contributed by atoms with Crippen molar-refractivity contribution >= 4 is 15.8 Å². The third kappa shape index (κ3) is 1.44. The van der Waals surface area contributed by atoms with Crippen molar-refractivity contribution in [1.29, 1.82) is 0 Å². The summed E-state index contributed by atoms with van der Waals surface area (Å²) in [7, 11) is -1.76. The lowest BCUT2D eigenvalue weighted by molar-refractivity contribution is -0.150. The van der Waals surface area contributed by atoms with Crippen LogP contribution in [0.5, 0.6) is 0 Å². The SMILES string of the molecule is COCC1(C(=O)O)CS(=O)(=O)C1. The highest BCUT2D eigenvalue weighted by molar-refractivity contribution is 7.93. The lowest BCUT2D eigenvalue weighted by atomic mass is 9.93. The average molecular weight is 194 g/mol. The van der Waals surface area contributed by atoms with Gasteiger partial charge in [0.25, 0.3) is 0 Å². The van der Waals surface area contributed by atoms with Gasteiger partial charge in [0, 0.05) is 7.11 Å². The van der Waals surface area contributed by atoms with Gasteiger partial charge in [-0.15, -0.1) is 0 Å². The summed E-state index contributed by atoms with van der Waals surface area (Å²) in [4.78, 5) is 10.6. The minimum atomic E-state index is -3.12. The van der Waals surface area contributed by atoms with Crippen LogP contribution < -0.4 is 0 Å². The van der Waals surface area contributed by atoms with E-state index in [0.29, 0.717) is 0 Å². The Balaban J connectivity index is 2.75. The van der Waals surface area contributed by atoms with Gasteiger partial charge in [0.2, 0.25) is 0 Å². The fourth-order valence-corrected chi connectivity index (χ4v) is 3.36. The molecule has 0 atom stereocenters. The molecule has 0 aromatic heterocycles. The molecule has 1 heterocycles. The molecule has 6 heteroatoms. The van der Waals surface area contributed by atoms with Crippen molar-refractivity contribution in [3.8, 4) is 0 Å². The van der Waals surface area contributed by atoms with Crippen molar-refractivity contribution in [2.75, 3.05) is 25.2 Å². The number of carboxylic acids is 1. The number of hydrogen-bond acceptors (Lipinski definition) is 4. The summed E-state index contributed by atoms with van der Waals surface area (Å²) in [5, 5.41) is 8.70. The fourth-order valence-electron chi connectivity index (χ4n) is 1.34. The Morgan fingerprint density at radius 2 is 2.08 bits per heavy atom. The van der Waals surface area contributed by atoms with Crippen LogP contribution in [0.25, 0.3) is 0 Å². The van der Waals surface area contributed by atoms with Crippen molar-refractivity contribution in [2.45, 2.75) is 0 Å². The lowest BCUT2D eigenvalue weighted by Crippen LogP contribution is -2.56. The number of aliphatic carboxylic acids is 1. The first-order valence-corrected chi connectivity index (χ1v) is 5.17. The van der Waals surface area contributed by atoms with Gasteiger partial charge in [-0.1, -0.05) is 0 Å². The lowest BCUT2D eigenvalue weighted by Gasteiger charge is -2.35. The van der Waals surface area contributed by atoms with Crippen LogP contribution in [0.3, 0.4) is 0 Å². The molecule has 0 amide bonds. The van der Waals surface area contributed by atoms with Gasteiger partial charge in [-0.05, 0) is 0 Å². The highest BCUT2D eigenvalue weighted by Gasteiger charge is 2.54. The van der Waals surface area contributed by atoms with E-state index in [1.807, 2.05) is 0 Å². The van der Waals surface area contributed by atoms with Crippen molar-refractivity contribution in [2.24, 2.45) is 5.41 Å². The van der Waals surface area contributed by atoms with E-state index in [2.05, 4.69) is 4.74 Å². The number of methoxy groups -OCH3 is 1. The normalized spacial score (nSPS) is 24.4. The van der Waals surface area contributed by atoms with E-state index in [-0.39, 0.29) is 18.1 Å².